The summed E-state index contributed by atoms with van der Waals surface area (Å²) in [6.45, 7) is 5.60. The molecule has 134 valence electrons. The van der Waals surface area contributed by atoms with E-state index in [4.69, 9.17) is 9.15 Å². The second kappa shape index (κ2) is 7.80. The van der Waals surface area contributed by atoms with Gasteiger partial charge in [0.2, 0.25) is 5.91 Å². The molecule has 0 bridgehead atoms. The zero-order valence-electron chi connectivity index (χ0n) is 14.5. The molecule has 1 aromatic heterocycles. The van der Waals surface area contributed by atoms with E-state index in [1.54, 1.807) is 17.0 Å². The third-order valence-electron chi connectivity index (χ3n) is 4.41. The minimum atomic E-state index is -0.279. The largest absolute Gasteiger partial charge is 0.465 e. The summed E-state index contributed by atoms with van der Waals surface area (Å²) in [5.41, 5.74) is 0.881. The molecule has 5 nitrogen and oxygen atoms in total. The van der Waals surface area contributed by atoms with Crippen molar-refractivity contribution in [2.24, 2.45) is 0 Å². The number of halogens is 1. The fraction of sp³-hybridized carbons (Fsp3) is 0.421. The van der Waals surface area contributed by atoms with E-state index >= 15 is 0 Å². The number of furan rings is 1. The quantitative estimate of drug-likeness (QED) is 0.904. The van der Waals surface area contributed by atoms with Crippen LogP contribution >= 0.6 is 0 Å². The highest BCUT2D eigenvalue weighted by atomic mass is 19.1. The van der Waals surface area contributed by atoms with Crippen molar-refractivity contribution in [3.63, 3.8) is 0 Å². The molecule has 25 heavy (non-hydrogen) atoms. The molecule has 0 saturated carbocycles. The van der Waals surface area contributed by atoms with Crippen molar-refractivity contribution in [1.29, 1.82) is 0 Å². The maximum Gasteiger partial charge on any atom is 0.236 e. The van der Waals surface area contributed by atoms with Gasteiger partial charge in [0.1, 0.15) is 23.4 Å². The Morgan fingerprint density at radius 1 is 1.32 bits per heavy atom. The first kappa shape index (κ1) is 17.6. The first-order valence-corrected chi connectivity index (χ1v) is 8.47. The SMILES string of the molecule is Cc1ccc([C@@H](C)NCC(=O)N2CCO[C@H](c3ccc(F)cc3)C2)o1. The Balaban J connectivity index is 1.54. The summed E-state index contributed by atoms with van der Waals surface area (Å²) < 4.78 is 24.4. The predicted octanol–water partition coefficient (Wildman–Crippen LogP) is 2.98. The molecule has 6 heteroatoms. The summed E-state index contributed by atoms with van der Waals surface area (Å²) in [5.74, 6) is 1.41. The number of aryl methyl sites for hydroxylation is 1. The lowest BCUT2D eigenvalue weighted by Crippen LogP contribution is -2.46. The van der Waals surface area contributed by atoms with Crippen LogP contribution in [0.4, 0.5) is 4.39 Å². The van der Waals surface area contributed by atoms with Gasteiger partial charge in [-0.15, -0.1) is 0 Å². The number of amides is 1. The topological polar surface area (TPSA) is 54.7 Å². The third-order valence-corrected chi connectivity index (χ3v) is 4.41. The average molecular weight is 346 g/mol. The molecule has 1 N–H and O–H groups in total. The van der Waals surface area contributed by atoms with Crippen LogP contribution in [0.2, 0.25) is 0 Å². The number of carbonyl (C=O) groups is 1. The van der Waals surface area contributed by atoms with Crippen LogP contribution in [0.1, 0.15) is 36.2 Å². The number of hydrogen-bond acceptors (Lipinski definition) is 4. The van der Waals surface area contributed by atoms with Crippen LogP contribution < -0.4 is 5.32 Å². The van der Waals surface area contributed by atoms with Crippen LogP contribution in [0.25, 0.3) is 0 Å². The lowest BCUT2D eigenvalue weighted by molar-refractivity contribution is -0.138. The predicted molar refractivity (Wildman–Crippen MR) is 91.5 cm³/mol. The number of morpholine rings is 1. The van der Waals surface area contributed by atoms with Crippen molar-refractivity contribution in [2.45, 2.75) is 26.0 Å². The maximum atomic E-state index is 13.1. The highest BCUT2D eigenvalue weighted by Gasteiger charge is 2.25. The number of ether oxygens (including phenoxy) is 1. The van der Waals surface area contributed by atoms with Gasteiger partial charge in [-0.25, -0.2) is 4.39 Å². The molecule has 1 aromatic carbocycles. The van der Waals surface area contributed by atoms with Crippen LogP contribution in [0, 0.1) is 12.7 Å². The Morgan fingerprint density at radius 2 is 2.08 bits per heavy atom. The normalized spacial score (nSPS) is 19.0. The lowest BCUT2D eigenvalue weighted by Gasteiger charge is -2.33. The summed E-state index contributed by atoms with van der Waals surface area (Å²) in [6.07, 6.45) is -0.219. The van der Waals surface area contributed by atoms with E-state index in [1.807, 2.05) is 26.0 Å². The Bertz CT molecular complexity index is 714. The van der Waals surface area contributed by atoms with Crippen molar-refractivity contribution in [3.05, 3.63) is 59.3 Å². The highest BCUT2D eigenvalue weighted by Crippen LogP contribution is 2.22. The van der Waals surface area contributed by atoms with Crippen molar-refractivity contribution in [3.8, 4) is 0 Å². The molecule has 1 amide bonds. The number of hydrogen-bond donors (Lipinski definition) is 1. The van der Waals surface area contributed by atoms with E-state index < -0.39 is 0 Å². The number of rotatable bonds is 5. The zero-order chi connectivity index (χ0) is 17.8. The Kier molecular flexibility index (Phi) is 5.50. The summed E-state index contributed by atoms with van der Waals surface area (Å²) in [5, 5.41) is 3.20. The van der Waals surface area contributed by atoms with Gasteiger partial charge in [0.05, 0.1) is 25.7 Å². The van der Waals surface area contributed by atoms with E-state index in [9.17, 15) is 9.18 Å². The molecule has 2 atom stereocenters. The summed E-state index contributed by atoms with van der Waals surface area (Å²) in [7, 11) is 0. The van der Waals surface area contributed by atoms with Crippen LogP contribution in [-0.4, -0.2) is 37.0 Å². The van der Waals surface area contributed by atoms with Gasteiger partial charge in [-0.1, -0.05) is 12.1 Å². The molecule has 2 heterocycles. The summed E-state index contributed by atoms with van der Waals surface area (Å²) in [6, 6.07) is 10.0. The highest BCUT2D eigenvalue weighted by molar-refractivity contribution is 5.78. The van der Waals surface area contributed by atoms with Crippen molar-refractivity contribution in [2.75, 3.05) is 26.2 Å². The molecule has 3 rings (SSSR count). The summed E-state index contributed by atoms with van der Waals surface area (Å²) in [4.78, 5) is 14.3. The molecule has 1 aliphatic rings. The molecule has 1 aliphatic heterocycles. The van der Waals surface area contributed by atoms with Gasteiger partial charge in [0.15, 0.2) is 0 Å². The van der Waals surface area contributed by atoms with E-state index in [1.165, 1.54) is 12.1 Å². The molecule has 0 spiro atoms. The van der Waals surface area contributed by atoms with Crippen molar-refractivity contribution < 1.29 is 18.3 Å². The molecule has 1 saturated heterocycles. The number of nitrogens with zero attached hydrogens (tertiary/aromatic N) is 1. The molecule has 0 radical (unpaired) electrons. The lowest BCUT2D eigenvalue weighted by atomic mass is 10.1. The minimum absolute atomic E-state index is 0.0190. The number of nitrogens with one attached hydrogen (secondary N) is 1. The van der Waals surface area contributed by atoms with E-state index in [2.05, 4.69) is 5.32 Å². The zero-order valence-corrected chi connectivity index (χ0v) is 14.5. The number of carbonyl (C=O) groups excluding carboxylic acids is 1. The van der Waals surface area contributed by atoms with Gasteiger partial charge in [-0.2, -0.15) is 0 Å². The van der Waals surface area contributed by atoms with Crippen LogP contribution in [0.3, 0.4) is 0 Å². The van der Waals surface area contributed by atoms with E-state index in [-0.39, 0.29) is 30.4 Å². The van der Waals surface area contributed by atoms with Gasteiger partial charge in [0, 0.05) is 6.54 Å². The standard InChI is InChI=1S/C19H23FN2O3/c1-13-3-8-17(25-13)14(2)21-11-19(23)22-9-10-24-18(12-22)15-4-6-16(20)7-5-15/h3-8,14,18,21H,9-12H2,1-2H3/t14-,18+/m1/s1. The third kappa shape index (κ3) is 4.46. The van der Waals surface area contributed by atoms with Crippen LogP contribution in [0.5, 0.6) is 0 Å². The average Bonchev–Trinajstić information content (AvgIpc) is 3.06. The smallest absolute Gasteiger partial charge is 0.236 e. The monoisotopic (exact) mass is 346 g/mol. The Morgan fingerprint density at radius 3 is 2.76 bits per heavy atom. The molecule has 1 fully saturated rings. The Hall–Kier alpha value is -2.18. The van der Waals surface area contributed by atoms with E-state index in [0.717, 1.165) is 17.1 Å². The van der Waals surface area contributed by atoms with Gasteiger partial charge < -0.3 is 14.1 Å². The second-order valence-electron chi connectivity index (χ2n) is 6.30. The fourth-order valence-corrected chi connectivity index (χ4v) is 2.89. The second-order valence-corrected chi connectivity index (χ2v) is 6.30. The van der Waals surface area contributed by atoms with Crippen molar-refractivity contribution in [1.82, 2.24) is 10.2 Å². The van der Waals surface area contributed by atoms with Gasteiger partial charge in [-0.3, -0.25) is 10.1 Å². The molecule has 0 aliphatic carbocycles. The van der Waals surface area contributed by atoms with E-state index in [0.29, 0.717) is 19.7 Å². The van der Waals surface area contributed by atoms with Crippen LogP contribution in [-0.2, 0) is 9.53 Å². The van der Waals surface area contributed by atoms with Gasteiger partial charge in [-0.05, 0) is 43.7 Å². The maximum absolute atomic E-state index is 13.1. The van der Waals surface area contributed by atoms with Gasteiger partial charge >= 0.3 is 0 Å². The fourth-order valence-electron chi connectivity index (χ4n) is 2.89. The molecule has 2 aromatic rings. The van der Waals surface area contributed by atoms with Crippen molar-refractivity contribution >= 4 is 5.91 Å². The first-order valence-electron chi connectivity index (χ1n) is 8.47. The molecular formula is C19H23FN2O3. The van der Waals surface area contributed by atoms with Crippen LogP contribution in [0.15, 0.2) is 40.8 Å². The summed E-state index contributed by atoms with van der Waals surface area (Å²) >= 11 is 0. The molecule has 0 unspecified atom stereocenters. The Labute approximate surface area is 146 Å². The molecular weight excluding hydrogens is 323 g/mol. The van der Waals surface area contributed by atoms with Gasteiger partial charge in [0.25, 0.3) is 0 Å². The minimum Gasteiger partial charge on any atom is -0.465 e. The number of benzene rings is 1. The first-order chi connectivity index (χ1) is 12.0.